The van der Waals surface area contributed by atoms with Gasteiger partial charge in [-0.25, -0.2) is 14.7 Å². The van der Waals surface area contributed by atoms with E-state index in [1.54, 1.807) is 26.8 Å². The molecule has 116 valence electrons. The van der Waals surface area contributed by atoms with Crippen LogP contribution in [0.3, 0.4) is 0 Å². The zero-order valence-corrected chi connectivity index (χ0v) is 12.3. The third kappa shape index (κ3) is 1.99. The number of quaternary nitrogens is 3. The SMILES string of the molecule is NN=C(c1ccc([N+](=O)[O-])cc1)C12C[NH+]3C[NH+](C[NH+](C3)C1)C2. The predicted octanol–water partition coefficient (Wildman–Crippen LogP) is -4.19. The Morgan fingerprint density at radius 1 is 1.09 bits per heavy atom. The van der Waals surface area contributed by atoms with Crippen molar-refractivity contribution in [2.24, 2.45) is 16.4 Å². The first-order valence-electron chi connectivity index (χ1n) is 7.63. The molecule has 1 aromatic rings. The van der Waals surface area contributed by atoms with E-state index in [1.807, 2.05) is 0 Å². The molecule has 1 aromatic carbocycles. The van der Waals surface area contributed by atoms with Gasteiger partial charge in [0.15, 0.2) is 5.41 Å². The predicted molar refractivity (Wildman–Crippen MR) is 78.3 cm³/mol. The van der Waals surface area contributed by atoms with Crippen molar-refractivity contribution < 1.29 is 19.6 Å². The van der Waals surface area contributed by atoms with E-state index in [2.05, 4.69) is 5.10 Å². The van der Waals surface area contributed by atoms with Gasteiger partial charge in [-0.3, -0.25) is 10.1 Å². The van der Waals surface area contributed by atoms with E-state index in [1.165, 1.54) is 32.1 Å². The largest absolute Gasteiger partial charge is 0.323 e. The maximum atomic E-state index is 10.8. The van der Waals surface area contributed by atoms with Crippen molar-refractivity contribution in [2.75, 3.05) is 39.6 Å². The van der Waals surface area contributed by atoms with Crippen molar-refractivity contribution in [1.29, 1.82) is 0 Å². The molecule has 0 saturated carbocycles. The number of nitro benzene ring substituents is 1. The molecule has 4 saturated heterocycles. The first-order valence-corrected chi connectivity index (χ1v) is 7.63. The summed E-state index contributed by atoms with van der Waals surface area (Å²) in [6.45, 7) is 6.74. The first-order chi connectivity index (χ1) is 10.6. The number of non-ortho nitro benzene ring substituents is 1. The number of nitrogens with two attached hydrogens (primary N) is 1. The summed E-state index contributed by atoms with van der Waals surface area (Å²) in [6, 6.07) is 6.63. The minimum Gasteiger partial charge on any atom is -0.323 e. The number of nitrogens with one attached hydrogen (secondary N) is 3. The Morgan fingerprint density at radius 3 is 2.00 bits per heavy atom. The highest BCUT2D eigenvalue weighted by atomic mass is 16.6. The third-order valence-corrected chi connectivity index (χ3v) is 5.25. The Labute approximate surface area is 127 Å². The summed E-state index contributed by atoms with van der Waals surface area (Å²) in [5.41, 5.74) is 1.93. The maximum absolute atomic E-state index is 10.8. The average molecular weight is 305 g/mol. The van der Waals surface area contributed by atoms with Crippen molar-refractivity contribution in [3.8, 4) is 0 Å². The number of hydrogen-bond acceptors (Lipinski definition) is 4. The van der Waals surface area contributed by atoms with Crippen LogP contribution in [0.1, 0.15) is 5.56 Å². The monoisotopic (exact) mass is 305 g/mol. The van der Waals surface area contributed by atoms with Crippen LogP contribution < -0.4 is 20.5 Å². The zero-order valence-electron chi connectivity index (χ0n) is 12.3. The molecule has 0 amide bonds. The molecule has 4 aliphatic rings. The molecule has 4 fully saturated rings. The van der Waals surface area contributed by atoms with Gasteiger partial charge < -0.3 is 5.84 Å². The van der Waals surface area contributed by atoms with E-state index in [-0.39, 0.29) is 16.0 Å². The highest BCUT2D eigenvalue weighted by Gasteiger charge is 2.60. The van der Waals surface area contributed by atoms with Crippen molar-refractivity contribution >= 4 is 11.4 Å². The van der Waals surface area contributed by atoms with Crippen molar-refractivity contribution in [2.45, 2.75) is 0 Å². The summed E-state index contributed by atoms with van der Waals surface area (Å²) in [4.78, 5) is 15.3. The summed E-state index contributed by atoms with van der Waals surface area (Å²) in [7, 11) is 0. The number of benzene rings is 1. The topological polar surface area (TPSA) is 94.8 Å². The second-order valence-electron chi connectivity index (χ2n) is 6.87. The van der Waals surface area contributed by atoms with Gasteiger partial charge in [0.2, 0.25) is 20.0 Å². The lowest BCUT2D eigenvalue weighted by atomic mass is 9.74. The van der Waals surface area contributed by atoms with E-state index in [0.717, 1.165) is 30.9 Å². The van der Waals surface area contributed by atoms with E-state index in [0.29, 0.717) is 0 Å². The van der Waals surface area contributed by atoms with Crippen LogP contribution >= 0.6 is 0 Å². The van der Waals surface area contributed by atoms with Crippen LogP contribution in [0, 0.1) is 15.5 Å². The lowest BCUT2D eigenvalue weighted by Crippen LogP contribution is -3.56. The van der Waals surface area contributed by atoms with Crippen LogP contribution in [-0.2, 0) is 0 Å². The maximum Gasteiger partial charge on any atom is 0.269 e. The second kappa shape index (κ2) is 4.73. The number of hydrazone groups is 1. The van der Waals surface area contributed by atoms with Crippen LogP contribution in [0.5, 0.6) is 0 Å². The van der Waals surface area contributed by atoms with Crippen molar-refractivity contribution in [1.82, 2.24) is 0 Å². The van der Waals surface area contributed by atoms with E-state index in [4.69, 9.17) is 5.84 Å². The number of hydrogen-bond donors (Lipinski definition) is 4. The van der Waals surface area contributed by atoms with Crippen LogP contribution in [0.15, 0.2) is 29.4 Å². The van der Waals surface area contributed by atoms with Crippen molar-refractivity contribution in [3.63, 3.8) is 0 Å². The molecule has 4 aliphatic heterocycles. The molecule has 0 aliphatic carbocycles. The lowest BCUT2D eigenvalue weighted by Gasteiger charge is -2.52. The highest BCUT2D eigenvalue weighted by molar-refractivity contribution is 6.05. The first kappa shape index (κ1) is 13.6. The highest BCUT2D eigenvalue weighted by Crippen LogP contribution is 2.24. The smallest absolute Gasteiger partial charge is 0.269 e. The van der Waals surface area contributed by atoms with Gasteiger partial charge >= 0.3 is 0 Å². The Morgan fingerprint density at radius 2 is 1.59 bits per heavy atom. The van der Waals surface area contributed by atoms with Gasteiger partial charge in [-0.05, 0) is 17.7 Å². The summed E-state index contributed by atoms with van der Waals surface area (Å²) in [6.07, 6.45) is 0. The van der Waals surface area contributed by atoms with Gasteiger partial charge in [0, 0.05) is 12.1 Å². The molecular formula is C14H21N6O2+3. The molecule has 5 rings (SSSR count). The molecular weight excluding hydrogens is 284 g/mol. The van der Waals surface area contributed by atoms with Crippen LogP contribution in [0.25, 0.3) is 0 Å². The molecule has 0 aromatic heterocycles. The summed E-state index contributed by atoms with van der Waals surface area (Å²) < 4.78 is 0. The number of rotatable bonds is 3. The fourth-order valence-electron chi connectivity index (χ4n) is 4.76. The standard InChI is InChI=1S/C14H18N6O2/c15-16-13(11-1-3-12(4-2-11)20(21)22)14-5-17-8-18(6-14)10-19(7-14)9-17/h1-4H,5-10,15H2/p+3. The van der Waals surface area contributed by atoms with Gasteiger partial charge in [0.1, 0.15) is 19.6 Å². The van der Waals surface area contributed by atoms with Gasteiger partial charge in [-0.1, -0.05) is 0 Å². The fraction of sp³-hybridized carbons (Fsp3) is 0.500. The number of nitrogens with zero attached hydrogens (tertiary/aromatic N) is 2. The molecule has 5 N–H and O–H groups in total. The Kier molecular flexibility index (Phi) is 2.93. The molecule has 22 heavy (non-hydrogen) atoms. The minimum atomic E-state index is -0.380. The normalized spacial score (nSPS) is 36.5. The van der Waals surface area contributed by atoms with E-state index < -0.39 is 0 Å². The third-order valence-electron chi connectivity index (χ3n) is 5.25. The number of nitro groups is 1. The molecule has 0 unspecified atom stereocenters. The zero-order chi connectivity index (χ0) is 15.3. The van der Waals surface area contributed by atoms with Crippen LogP contribution in [-0.4, -0.2) is 50.3 Å². The van der Waals surface area contributed by atoms with Gasteiger partial charge in [0.05, 0.1) is 10.6 Å². The molecule has 8 heteroatoms. The minimum absolute atomic E-state index is 0.000364. The average Bonchev–Trinajstić information content (AvgIpc) is 2.46. The summed E-state index contributed by atoms with van der Waals surface area (Å²) >= 11 is 0. The quantitative estimate of drug-likeness (QED) is 0.197. The van der Waals surface area contributed by atoms with Crippen LogP contribution in [0.4, 0.5) is 5.69 Å². The molecule has 4 bridgehead atoms. The fourth-order valence-corrected chi connectivity index (χ4v) is 4.76. The van der Waals surface area contributed by atoms with E-state index >= 15 is 0 Å². The Bertz CT molecular complexity index is 606. The molecule has 0 atom stereocenters. The van der Waals surface area contributed by atoms with Crippen LogP contribution in [0.2, 0.25) is 0 Å². The Hall–Kier alpha value is -2.03. The Balaban J connectivity index is 1.69. The van der Waals surface area contributed by atoms with Crippen molar-refractivity contribution in [3.05, 3.63) is 39.9 Å². The summed E-state index contributed by atoms with van der Waals surface area (Å²) in [5, 5.41) is 14.9. The van der Waals surface area contributed by atoms with Gasteiger partial charge in [0.25, 0.3) is 5.69 Å². The summed E-state index contributed by atoms with van der Waals surface area (Å²) in [5.74, 6) is 5.75. The van der Waals surface area contributed by atoms with E-state index in [9.17, 15) is 10.1 Å². The molecule has 0 radical (unpaired) electrons. The molecule has 8 nitrogen and oxygen atoms in total. The van der Waals surface area contributed by atoms with Gasteiger partial charge in [-0.15, -0.1) is 0 Å². The second-order valence-corrected chi connectivity index (χ2v) is 6.87. The molecule has 4 heterocycles. The van der Waals surface area contributed by atoms with Gasteiger partial charge in [-0.2, -0.15) is 5.10 Å². The molecule has 0 spiro atoms. The lowest BCUT2D eigenvalue weighted by molar-refractivity contribution is -1.30.